The van der Waals surface area contributed by atoms with Crippen LogP contribution in [-0.2, 0) is 4.79 Å². The molecule has 0 fully saturated rings. The Labute approximate surface area is 153 Å². The molecule has 2 aromatic heterocycles. The van der Waals surface area contributed by atoms with Crippen molar-refractivity contribution in [2.24, 2.45) is 5.10 Å². The van der Waals surface area contributed by atoms with Crippen molar-refractivity contribution in [3.8, 4) is 11.4 Å². The lowest BCUT2D eigenvalue weighted by atomic mass is 10.0. The number of carboxylic acid groups (broad SMARTS) is 1. The van der Waals surface area contributed by atoms with Crippen LogP contribution in [0.4, 0.5) is 0 Å². The van der Waals surface area contributed by atoms with Gasteiger partial charge >= 0.3 is 5.97 Å². The number of aliphatic carboxylic acids is 1. The summed E-state index contributed by atoms with van der Waals surface area (Å²) in [5, 5.41) is 22.7. The van der Waals surface area contributed by atoms with E-state index in [0.29, 0.717) is 16.7 Å². The first-order valence-corrected chi connectivity index (χ1v) is 8.90. The Kier molecular flexibility index (Phi) is 4.26. The molecule has 3 aromatic rings. The Morgan fingerprint density at radius 1 is 1.12 bits per heavy atom. The van der Waals surface area contributed by atoms with Crippen LogP contribution >= 0.6 is 11.8 Å². The van der Waals surface area contributed by atoms with Crippen molar-refractivity contribution in [1.82, 2.24) is 19.9 Å². The third-order valence-electron chi connectivity index (χ3n) is 4.02. The third kappa shape index (κ3) is 3.11. The van der Waals surface area contributed by atoms with E-state index in [1.807, 2.05) is 43.3 Å². The molecule has 0 saturated heterocycles. The van der Waals surface area contributed by atoms with E-state index in [1.54, 1.807) is 17.1 Å². The Balaban J connectivity index is 1.82. The molecule has 0 aliphatic carbocycles. The van der Waals surface area contributed by atoms with Crippen LogP contribution in [0.2, 0.25) is 0 Å². The van der Waals surface area contributed by atoms with Crippen LogP contribution in [0.3, 0.4) is 0 Å². The second-order valence-electron chi connectivity index (χ2n) is 5.91. The number of pyridine rings is 1. The molecule has 1 aliphatic heterocycles. The predicted molar refractivity (Wildman–Crippen MR) is 98.3 cm³/mol. The predicted octanol–water partition coefficient (Wildman–Crippen LogP) is 2.85. The van der Waals surface area contributed by atoms with E-state index in [4.69, 9.17) is 5.10 Å². The molecule has 1 aliphatic rings. The number of benzene rings is 1. The zero-order valence-electron chi connectivity index (χ0n) is 13.9. The van der Waals surface area contributed by atoms with E-state index in [9.17, 15) is 9.90 Å². The normalized spacial score (nSPS) is 16.0. The van der Waals surface area contributed by atoms with Gasteiger partial charge in [0, 0.05) is 18.0 Å². The van der Waals surface area contributed by atoms with Gasteiger partial charge in [-0.05, 0) is 24.6 Å². The number of thioether (sulfide) groups is 1. The maximum Gasteiger partial charge on any atom is 0.304 e. The SMILES string of the molecule is Cc1ccc(C2=Nn3c(nnc3-c3ccncc3)SC2CC(=O)O)cc1. The molecule has 7 nitrogen and oxygen atoms in total. The van der Waals surface area contributed by atoms with Gasteiger partial charge in [0.05, 0.1) is 17.4 Å². The van der Waals surface area contributed by atoms with Crippen molar-refractivity contribution in [1.29, 1.82) is 0 Å². The fourth-order valence-electron chi connectivity index (χ4n) is 2.73. The number of aromatic nitrogens is 4. The zero-order chi connectivity index (χ0) is 18.1. The Morgan fingerprint density at radius 2 is 1.85 bits per heavy atom. The molecule has 4 rings (SSSR count). The van der Waals surface area contributed by atoms with Crippen molar-refractivity contribution >= 4 is 23.4 Å². The minimum Gasteiger partial charge on any atom is -0.481 e. The number of carboxylic acids is 1. The molecule has 1 atom stereocenters. The summed E-state index contributed by atoms with van der Waals surface area (Å²) in [6.07, 6.45) is 3.34. The van der Waals surface area contributed by atoms with Crippen LogP contribution in [0.5, 0.6) is 0 Å². The van der Waals surface area contributed by atoms with Gasteiger partial charge in [0.1, 0.15) is 0 Å². The highest BCUT2D eigenvalue weighted by Gasteiger charge is 2.30. The molecular weight excluding hydrogens is 350 g/mol. The topological polar surface area (TPSA) is 93.3 Å². The summed E-state index contributed by atoms with van der Waals surface area (Å²) in [7, 11) is 0. The number of nitrogens with zero attached hydrogens (tertiary/aromatic N) is 5. The van der Waals surface area contributed by atoms with Gasteiger partial charge in [-0.15, -0.1) is 10.2 Å². The number of hydrogen-bond donors (Lipinski definition) is 1. The van der Waals surface area contributed by atoms with Crippen LogP contribution in [0.15, 0.2) is 59.0 Å². The molecular formula is C18H15N5O2S. The summed E-state index contributed by atoms with van der Waals surface area (Å²) >= 11 is 1.37. The van der Waals surface area contributed by atoms with Crippen LogP contribution in [0.1, 0.15) is 17.5 Å². The molecule has 1 aromatic carbocycles. The van der Waals surface area contributed by atoms with Crippen LogP contribution in [0.25, 0.3) is 11.4 Å². The van der Waals surface area contributed by atoms with Crippen LogP contribution in [0, 0.1) is 6.92 Å². The van der Waals surface area contributed by atoms with Crippen molar-refractivity contribution in [3.63, 3.8) is 0 Å². The van der Waals surface area contributed by atoms with E-state index in [-0.39, 0.29) is 11.7 Å². The van der Waals surface area contributed by atoms with Gasteiger partial charge in [0.25, 0.3) is 0 Å². The summed E-state index contributed by atoms with van der Waals surface area (Å²) in [5.74, 6) is -0.266. The number of carbonyl (C=O) groups is 1. The summed E-state index contributed by atoms with van der Waals surface area (Å²) in [6, 6.07) is 11.6. The second kappa shape index (κ2) is 6.72. The number of fused-ring (bicyclic) bond motifs is 1. The smallest absolute Gasteiger partial charge is 0.304 e. The zero-order valence-corrected chi connectivity index (χ0v) is 14.7. The van der Waals surface area contributed by atoms with Gasteiger partial charge < -0.3 is 5.11 Å². The molecule has 26 heavy (non-hydrogen) atoms. The van der Waals surface area contributed by atoms with Gasteiger partial charge in [-0.25, -0.2) is 0 Å². The largest absolute Gasteiger partial charge is 0.481 e. The first-order valence-electron chi connectivity index (χ1n) is 8.02. The maximum atomic E-state index is 11.3. The van der Waals surface area contributed by atoms with Gasteiger partial charge in [-0.2, -0.15) is 9.78 Å². The molecule has 3 heterocycles. The van der Waals surface area contributed by atoms with Crippen molar-refractivity contribution in [2.75, 3.05) is 0 Å². The monoisotopic (exact) mass is 365 g/mol. The van der Waals surface area contributed by atoms with E-state index in [1.165, 1.54) is 11.8 Å². The lowest BCUT2D eigenvalue weighted by Crippen LogP contribution is -2.27. The van der Waals surface area contributed by atoms with Crippen molar-refractivity contribution < 1.29 is 9.90 Å². The summed E-state index contributed by atoms with van der Waals surface area (Å²) in [6.45, 7) is 2.01. The van der Waals surface area contributed by atoms with Gasteiger partial charge in [0.15, 0.2) is 5.82 Å². The summed E-state index contributed by atoms with van der Waals surface area (Å²) in [5.41, 5.74) is 3.59. The number of hydrogen-bond acceptors (Lipinski definition) is 6. The average Bonchev–Trinajstić information content (AvgIpc) is 3.05. The Morgan fingerprint density at radius 3 is 2.54 bits per heavy atom. The van der Waals surface area contributed by atoms with E-state index >= 15 is 0 Å². The number of aryl methyl sites for hydroxylation is 1. The quantitative estimate of drug-likeness (QED) is 0.764. The van der Waals surface area contributed by atoms with Gasteiger partial charge in [-0.3, -0.25) is 9.78 Å². The van der Waals surface area contributed by atoms with E-state index in [0.717, 1.165) is 16.7 Å². The van der Waals surface area contributed by atoms with Crippen LogP contribution < -0.4 is 0 Å². The molecule has 130 valence electrons. The minimum absolute atomic E-state index is 0.0329. The van der Waals surface area contributed by atoms with E-state index in [2.05, 4.69) is 15.2 Å². The molecule has 8 heteroatoms. The first kappa shape index (κ1) is 16.5. The third-order valence-corrected chi connectivity index (χ3v) is 5.16. The highest BCUT2D eigenvalue weighted by atomic mass is 32.2. The lowest BCUT2D eigenvalue weighted by Gasteiger charge is -2.22. The summed E-state index contributed by atoms with van der Waals surface area (Å²) < 4.78 is 1.67. The highest BCUT2D eigenvalue weighted by Crippen LogP contribution is 2.34. The molecule has 0 bridgehead atoms. The lowest BCUT2D eigenvalue weighted by molar-refractivity contribution is -0.136. The fraction of sp³-hybridized carbons (Fsp3) is 0.167. The number of rotatable bonds is 4. The molecule has 0 amide bonds. The Hall–Kier alpha value is -3.00. The molecule has 0 spiro atoms. The second-order valence-corrected chi connectivity index (χ2v) is 7.08. The van der Waals surface area contributed by atoms with Crippen molar-refractivity contribution in [2.45, 2.75) is 23.8 Å². The first-order chi connectivity index (χ1) is 12.6. The van der Waals surface area contributed by atoms with Crippen molar-refractivity contribution in [3.05, 3.63) is 59.9 Å². The van der Waals surface area contributed by atoms with Gasteiger partial charge in [0.2, 0.25) is 5.16 Å². The molecule has 1 N–H and O–H groups in total. The highest BCUT2D eigenvalue weighted by molar-refractivity contribution is 8.00. The standard InChI is InChI=1S/C18H15N5O2S/c1-11-2-4-12(5-3-11)16-14(10-15(24)25)26-18-21-20-17(23(18)22-16)13-6-8-19-9-7-13/h2-9,14H,10H2,1H3,(H,24,25). The average molecular weight is 365 g/mol. The van der Waals surface area contributed by atoms with Crippen LogP contribution in [-0.4, -0.2) is 41.9 Å². The Bertz CT molecular complexity index is 983. The fourth-order valence-corrected chi connectivity index (χ4v) is 3.82. The van der Waals surface area contributed by atoms with Gasteiger partial charge in [-0.1, -0.05) is 41.6 Å². The maximum absolute atomic E-state index is 11.3. The van der Waals surface area contributed by atoms with E-state index < -0.39 is 5.97 Å². The molecule has 1 unspecified atom stereocenters. The summed E-state index contributed by atoms with van der Waals surface area (Å²) in [4.78, 5) is 15.3. The minimum atomic E-state index is -0.871. The molecule has 0 saturated carbocycles. The molecule has 0 radical (unpaired) electrons.